The molecule has 0 spiro atoms. The molecule has 0 saturated carbocycles. The van der Waals surface area contributed by atoms with E-state index >= 15 is 0 Å². The summed E-state index contributed by atoms with van der Waals surface area (Å²) < 4.78 is 1.12. The predicted molar refractivity (Wildman–Crippen MR) is 49.1 cm³/mol. The number of thiophene rings is 1. The van der Waals surface area contributed by atoms with Crippen LogP contribution in [0.3, 0.4) is 0 Å². The molecule has 2 heterocycles. The van der Waals surface area contributed by atoms with Crippen LogP contribution in [0.15, 0.2) is 17.6 Å². The van der Waals surface area contributed by atoms with Crippen LogP contribution in [0.4, 0.5) is 0 Å². The lowest BCUT2D eigenvalue weighted by Gasteiger charge is -1.96. The van der Waals surface area contributed by atoms with E-state index < -0.39 is 0 Å². The molecule has 58 valence electrons. The predicted octanol–water partition coefficient (Wildman–Crippen LogP) is 2.48. The van der Waals surface area contributed by atoms with Gasteiger partial charge in [0.2, 0.25) is 0 Å². The summed E-state index contributed by atoms with van der Waals surface area (Å²) >= 11 is 1.63. The Morgan fingerprint density at radius 1 is 1.58 bits per heavy atom. The van der Waals surface area contributed by atoms with Crippen LogP contribution in [0.25, 0.3) is 10.2 Å². The van der Waals surface area contributed by atoms with Crippen molar-refractivity contribution in [3.8, 4) is 6.07 Å². The highest BCUT2D eigenvalue weighted by molar-refractivity contribution is 7.17. The normalized spacial score (nSPS) is 10.0. The van der Waals surface area contributed by atoms with Crippen LogP contribution >= 0.6 is 11.3 Å². The van der Waals surface area contributed by atoms with E-state index in [1.807, 2.05) is 18.4 Å². The number of nitriles is 1. The minimum absolute atomic E-state index is 0.671. The third kappa shape index (κ3) is 0.892. The molecule has 2 aromatic heterocycles. The fraction of sp³-hybridized carbons (Fsp3) is 0.111. The molecule has 0 amide bonds. The molecular formula is C9H6N2S. The van der Waals surface area contributed by atoms with Crippen LogP contribution in [0.5, 0.6) is 0 Å². The van der Waals surface area contributed by atoms with E-state index in [1.165, 1.54) is 0 Å². The summed E-state index contributed by atoms with van der Waals surface area (Å²) in [6, 6.07) is 4.09. The lowest BCUT2D eigenvalue weighted by atomic mass is 10.2. The highest BCUT2D eigenvalue weighted by Gasteiger charge is 2.04. The van der Waals surface area contributed by atoms with Gasteiger partial charge in [0.1, 0.15) is 6.07 Å². The Balaban J connectivity index is 2.89. The lowest BCUT2D eigenvalue weighted by Crippen LogP contribution is -1.83. The van der Waals surface area contributed by atoms with E-state index in [9.17, 15) is 0 Å². The van der Waals surface area contributed by atoms with Gasteiger partial charge >= 0.3 is 0 Å². The van der Waals surface area contributed by atoms with Crippen molar-refractivity contribution in [3.63, 3.8) is 0 Å². The molecule has 0 saturated heterocycles. The lowest BCUT2D eigenvalue weighted by molar-refractivity contribution is 1.34. The molecule has 2 nitrogen and oxygen atoms in total. The van der Waals surface area contributed by atoms with Crippen molar-refractivity contribution in [2.75, 3.05) is 0 Å². The minimum atomic E-state index is 0.671. The summed E-state index contributed by atoms with van der Waals surface area (Å²) in [6.45, 7) is 1.96. The zero-order valence-corrected chi connectivity index (χ0v) is 7.35. The first-order chi connectivity index (χ1) is 5.83. The molecule has 0 aliphatic carbocycles. The zero-order chi connectivity index (χ0) is 8.55. The number of nitrogens with zero attached hydrogens (tertiary/aromatic N) is 2. The summed E-state index contributed by atoms with van der Waals surface area (Å²) in [5, 5.41) is 10.7. The van der Waals surface area contributed by atoms with Crippen molar-refractivity contribution < 1.29 is 0 Å². The molecule has 12 heavy (non-hydrogen) atoms. The van der Waals surface area contributed by atoms with Crippen LogP contribution in [-0.4, -0.2) is 4.98 Å². The van der Waals surface area contributed by atoms with Gasteiger partial charge in [0.15, 0.2) is 0 Å². The molecule has 0 bridgehead atoms. The van der Waals surface area contributed by atoms with E-state index in [0.29, 0.717) is 5.56 Å². The maximum absolute atomic E-state index is 8.73. The Morgan fingerprint density at radius 3 is 3.17 bits per heavy atom. The Bertz CT molecular complexity index is 465. The first-order valence-electron chi connectivity index (χ1n) is 3.56. The molecule has 0 N–H and O–H groups in total. The Hall–Kier alpha value is -1.40. The fourth-order valence-electron chi connectivity index (χ4n) is 1.15. The molecule has 0 aliphatic heterocycles. The van der Waals surface area contributed by atoms with Gasteiger partial charge in [0, 0.05) is 6.20 Å². The van der Waals surface area contributed by atoms with E-state index in [2.05, 4.69) is 11.1 Å². The minimum Gasteiger partial charge on any atom is -0.254 e. The van der Waals surface area contributed by atoms with Crippen LogP contribution in [-0.2, 0) is 0 Å². The van der Waals surface area contributed by atoms with E-state index in [4.69, 9.17) is 5.26 Å². The maximum atomic E-state index is 8.73. The van der Waals surface area contributed by atoms with Crippen molar-refractivity contribution in [3.05, 3.63) is 28.8 Å². The summed E-state index contributed by atoms with van der Waals surface area (Å²) in [7, 11) is 0. The van der Waals surface area contributed by atoms with Crippen LogP contribution in [0, 0.1) is 18.3 Å². The van der Waals surface area contributed by atoms with E-state index in [0.717, 1.165) is 15.8 Å². The van der Waals surface area contributed by atoms with Gasteiger partial charge in [-0.05, 0) is 23.9 Å². The molecular weight excluding hydrogens is 168 g/mol. The number of hydrogen-bond donors (Lipinski definition) is 0. The van der Waals surface area contributed by atoms with E-state index in [-0.39, 0.29) is 0 Å². The zero-order valence-electron chi connectivity index (χ0n) is 6.53. The first kappa shape index (κ1) is 7.26. The highest BCUT2D eigenvalue weighted by atomic mass is 32.1. The Kier molecular flexibility index (Phi) is 1.56. The highest BCUT2D eigenvalue weighted by Crippen LogP contribution is 2.24. The molecule has 0 unspecified atom stereocenters. The molecule has 0 fully saturated rings. The standard InChI is InChI=1S/C9H6N2S/c1-6-7(4-10)5-11-8-2-3-12-9(6)8/h2-3,5H,1H3. The Labute approximate surface area is 74.1 Å². The molecule has 2 rings (SSSR count). The molecule has 3 heteroatoms. The number of rotatable bonds is 0. The third-order valence-corrected chi connectivity index (χ3v) is 2.87. The van der Waals surface area contributed by atoms with Gasteiger partial charge in [-0.25, -0.2) is 0 Å². The second-order valence-corrected chi connectivity index (χ2v) is 3.46. The quantitative estimate of drug-likeness (QED) is 0.615. The summed E-state index contributed by atoms with van der Waals surface area (Å²) in [5.74, 6) is 0. The van der Waals surface area contributed by atoms with Crippen molar-refractivity contribution in [1.82, 2.24) is 4.98 Å². The third-order valence-electron chi connectivity index (χ3n) is 1.84. The number of fused-ring (bicyclic) bond motifs is 1. The number of pyridine rings is 1. The monoisotopic (exact) mass is 174 g/mol. The molecule has 0 aromatic carbocycles. The van der Waals surface area contributed by atoms with Crippen LogP contribution < -0.4 is 0 Å². The van der Waals surface area contributed by atoms with Crippen molar-refractivity contribution >= 4 is 21.6 Å². The Morgan fingerprint density at radius 2 is 2.42 bits per heavy atom. The smallest absolute Gasteiger partial charge is 0.101 e. The second-order valence-electron chi connectivity index (χ2n) is 2.54. The van der Waals surface area contributed by atoms with Crippen molar-refractivity contribution in [2.24, 2.45) is 0 Å². The van der Waals surface area contributed by atoms with Gasteiger partial charge in [0.25, 0.3) is 0 Å². The number of hydrogen-bond acceptors (Lipinski definition) is 3. The van der Waals surface area contributed by atoms with Gasteiger partial charge in [0.05, 0.1) is 15.8 Å². The molecule has 0 radical (unpaired) electrons. The van der Waals surface area contributed by atoms with Gasteiger partial charge in [-0.3, -0.25) is 4.98 Å². The first-order valence-corrected chi connectivity index (χ1v) is 4.44. The van der Waals surface area contributed by atoms with Gasteiger partial charge in [-0.1, -0.05) is 0 Å². The number of aryl methyl sites for hydroxylation is 1. The molecule has 0 aliphatic rings. The second kappa shape index (κ2) is 2.58. The van der Waals surface area contributed by atoms with Gasteiger partial charge in [-0.2, -0.15) is 5.26 Å². The molecule has 0 atom stereocenters. The molecule has 2 aromatic rings. The summed E-state index contributed by atoms with van der Waals surface area (Å²) in [4.78, 5) is 4.16. The summed E-state index contributed by atoms with van der Waals surface area (Å²) in [5.41, 5.74) is 2.69. The van der Waals surface area contributed by atoms with Gasteiger partial charge < -0.3 is 0 Å². The topological polar surface area (TPSA) is 36.7 Å². The van der Waals surface area contributed by atoms with Crippen LogP contribution in [0.1, 0.15) is 11.1 Å². The van der Waals surface area contributed by atoms with Crippen molar-refractivity contribution in [1.29, 1.82) is 5.26 Å². The van der Waals surface area contributed by atoms with Gasteiger partial charge in [-0.15, -0.1) is 11.3 Å². The SMILES string of the molecule is Cc1c(C#N)cnc2ccsc12. The number of aromatic nitrogens is 1. The van der Waals surface area contributed by atoms with Crippen molar-refractivity contribution in [2.45, 2.75) is 6.92 Å². The largest absolute Gasteiger partial charge is 0.254 e. The summed E-state index contributed by atoms with van der Waals surface area (Å²) in [6.07, 6.45) is 1.63. The fourth-order valence-corrected chi connectivity index (χ4v) is 2.01. The van der Waals surface area contributed by atoms with Crippen LogP contribution in [0.2, 0.25) is 0 Å². The van der Waals surface area contributed by atoms with E-state index in [1.54, 1.807) is 17.5 Å². The average molecular weight is 174 g/mol. The maximum Gasteiger partial charge on any atom is 0.101 e. The average Bonchev–Trinajstić information content (AvgIpc) is 2.53.